The van der Waals surface area contributed by atoms with E-state index in [4.69, 9.17) is 14.2 Å². The van der Waals surface area contributed by atoms with Crippen molar-refractivity contribution in [2.45, 2.75) is 264 Å². The van der Waals surface area contributed by atoms with Crippen molar-refractivity contribution in [3.8, 4) is 0 Å². The van der Waals surface area contributed by atoms with Crippen LogP contribution in [0.15, 0.2) is 97.2 Å². The first-order valence-electron chi connectivity index (χ1n) is 28.2. The van der Waals surface area contributed by atoms with Gasteiger partial charge in [-0.05, 0) is 116 Å². The maximum atomic E-state index is 12.9. The SMILES string of the molecule is CC/C=C\C/C=C\C/C=C\C/C=C\CCCCCCCCC(=O)OCC(COC(=O)CCCCCCC/C=C\C/C=C\CCC)OC(=O)CCCCCCCCC/C=C\C/C=C\CCCCCC. The van der Waals surface area contributed by atoms with Crippen LogP contribution in [0.4, 0.5) is 0 Å². The second kappa shape index (κ2) is 55.9. The molecule has 1 atom stereocenters. The van der Waals surface area contributed by atoms with Gasteiger partial charge in [-0.15, -0.1) is 0 Å². The predicted molar refractivity (Wildman–Crippen MR) is 293 cm³/mol. The summed E-state index contributed by atoms with van der Waals surface area (Å²) in [4.78, 5) is 38.1. The molecule has 0 saturated heterocycles. The van der Waals surface area contributed by atoms with Gasteiger partial charge in [0.25, 0.3) is 0 Å². The van der Waals surface area contributed by atoms with E-state index in [9.17, 15) is 14.4 Å². The number of rotatable bonds is 50. The smallest absolute Gasteiger partial charge is 0.306 e. The average molecular weight is 946 g/mol. The van der Waals surface area contributed by atoms with Gasteiger partial charge in [0.1, 0.15) is 13.2 Å². The zero-order valence-corrected chi connectivity index (χ0v) is 44.3. The van der Waals surface area contributed by atoms with Crippen LogP contribution in [0.3, 0.4) is 0 Å². The van der Waals surface area contributed by atoms with Gasteiger partial charge < -0.3 is 14.2 Å². The van der Waals surface area contributed by atoms with Crippen molar-refractivity contribution in [3.05, 3.63) is 97.2 Å². The van der Waals surface area contributed by atoms with Crippen molar-refractivity contribution in [2.75, 3.05) is 13.2 Å². The van der Waals surface area contributed by atoms with E-state index in [2.05, 4.69) is 118 Å². The summed E-state index contributed by atoms with van der Waals surface area (Å²) in [6.07, 6.45) is 73.9. The summed E-state index contributed by atoms with van der Waals surface area (Å²) < 4.78 is 16.8. The van der Waals surface area contributed by atoms with E-state index in [-0.39, 0.29) is 31.1 Å². The maximum Gasteiger partial charge on any atom is 0.306 e. The van der Waals surface area contributed by atoms with Crippen LogP contribution >= 0.6 is 0 Å². The molecule has 0 bridgehead atoms. The summed E-state index contributed by atoms with van der Waals surface area (Å²) in [5.41, 5.74) is 0. The molecular weight excluding hydrogens is 841 g/mol. The van der Waals surface area contributed by atoms with Gasteiger partial charge in [0.05, 0.1) is 0 Å². The van der Waals surface area contributed by atoms with Crippen LogP contribution in [-0.4, -0.2) is 37.2 Å². The molecule has 0 aromatic rings. The van der Waals surface area contributed by atoms with Crippen molar-refractivity contribution in [2.24, 2.45) is 0 Å². The van der Waals surface area contributed by atoms with Crippen LogP contribution in [0.1, 0.15) is 258 Å². The molecule has 388 valence electrons. The molecule has 0 spiro atoms. The minimum atomic E-state index is -0.795. The number of ether oxygens (including phenoxy) is 3. The molecule has 0 fully saturated rings. The number of unbranched alkanes of at least 4 members (excludes halogenated alkanes) is 23. The molecular formula is C62H104O6. The highest BCUT2D eigenvalue weighted by atomic mass is 16.6. The molecule has 0 rings (SSSR count). The Morgan fingerprint density at radius 1 is 0.309 bits per heavy atom. The van der Waals surface area contributed by atoms with E-state index < -0.39 is 6.10 Å². The van der Waals surface area contributed by atoms with Gasteiger partial charge in [0.2, 0.25) is 0 Å². The molecule has 0 aliphatic heterocycles. The Morgan fingerprint density at radius 3 is 0.956 bits per heavy atom. The summed E-state index contributed by atoms with van der Waals surface area (Å²) >= 11 is 0. The number of hydrogen-bond donors (Lipinski definition) is 0. The van der Waals surface area contributed by atoms with E-state index in [0.717, 1.165) is 141 Å². The molecule has 0 saturated carbocycles. The first kappa shape index (κ1) is 64.3. The number of carbonyl (C=O) groups is 3. The largest absolute Gasteiger partial charge is 0.462 e. The standard InChI is InChI=1S/C62H104O6/c1-4-7-10-13-16-19-22-25-27-29-31-33-34-37-40-43-46-49-52-55-61(64)67-58-59(57-66-60(63)54-51-48-45-42-39-36-24-21-18-15-12-9-6-3)68-62(65)56-53-50-47-44-41-38-35-32-30-28-26-23-20-17-14-11-8-5-2/h7,10,12,15-16,19-21,23-25,27-28,30-31,33,59H,4-6,8-9,11,13-14,17-18,22,26,29,32,34-58H2,1-3H3/b10-7-,15-12-,19-16-,23-20-,24-21-,27-25-,30-28-,33-31-. The van der Waals surface area contributed by atoms with Gasteiger partial charge in [0, 0.05) is 19.3 Å². The first-order chi connectivity index (χ1) is 33.5. The monoisotopic (exact) mass is 945 g/mol. The van der Waals surface area contributed by atoms with E-state index in [1.807, 2.05) is 0 Å². The lowest BCUT2D eigenvalue weighted by Crippen LogP contribution is -2.30. The molecule has 0 aliphatic carbocycles. The quantitative estimate of drug-likeness (QED) is 0.0262. The molecule has 0 radical (unpaired) electrons. The van der Waals surface area contributed by atoms with Crippen molar-refractivity contribution in [1.82, 2.24) is 0 Å². The van der Waals surface area contributed by atoms with Gasteiger partial charge in [-0.25, -0.2) is 0 Å². The fraction of sp³-hybridized carbons (Fsp3) is 0.694. The molecule has 0 N–H and O–H groups in total. The number of hydrogen-bond acceptors (Lipinski definition) is 6. The number of carbonyl (C=O) groups excluding carboxylic acids is 3. The molecule has 0 aliphatic rings. The van der Waals surface area contributed by atoms with E-state index >= 15 is 0 Å². The zero-order valence-electron chi connectivity index (χ0n) is 44.3. The summed E-state index contributed by atoms with van der Waals surface area (Å²) in [5, 5.41) is 0. The van der Waals surface area contributed by atoms with Crippen LogP contribution < -0.4 is 0 Å². The second-order valence-corrected chi connectivity index (χ2v) is 18.5. The molecule has 0 amide bonds. The van der Waals surface area contributed by atoms with Gasteiger partial charge in [0.15, 0.2) is 6.10 Å². The van der Waals surface area contributed by atoms with Crippen LogP contribution in [0.5, 0.6) is 0 Å². The Kier molecular flexibility index (Phi) is 52.9. The Labute approximate surface area is 419 Å². The highest BCUT2D eigenvalue weighted by Gasteiger charge is 2.19. The van der Waals surface area contributed by atoms with Crippen molar-refractivity contribution in [3.63, 3.8) is 0 Å². The third-order valence-electron chi connectivity index (χ3n) is 11.8. The van der Waals surface area contributed by atoms with Crippen LogP contribution in [0.2, 0.25) is 0 Å². The molecule has 68 heavy (non-hydrogen) atoms. The summed E-state index contributed by atoms with van der Waals surface area (Å²) in [5.74, 6) is -0.927. The Morgan fingerprint density at radius 2 is 0.603 bits per heavy atom. The van der Waals surface area contributed by atoms with Gasteiger partial charge in [-0.1, -0.05) is 221 Å². The molecule has 0 aromatic carbocycles. The zero-order chi connectivity index (χ0) is 49.3. The van der Waals surface area contributed by atoms with E-state index in [1.165, 1.54) is 77.0 Å². The van der Waals surface area contributed by atoms with Crippen LogP contribution in [-0.2, 0) is 28.6 Å². The number of allylic oxidation sites excluding steroid dienone is 16. The summed E-state index contributed by atoms with van der Waals surface area (Å²) in [6, 6.07) is 0. The third kappa shape index (κ3) is 53.3. The average Bonchev–Trinajstić information content (AvgIpc) is 3.34. The lowest BCUT2D eigenvalue weighted by Gasteiger charge is -2.18. The van der Waals surface area contributed by atoms with Crippen molar-refractivity contribution >= 4 is 17.9 Å². The first-order valence-corrected chi connectivity index (χ1v) is 28.2. The van der Waals surface area contributed by atoms with Crippen molar-refractivity contribution < 1.29 is 28.6 Å². The minimum absolute atomic E-state index is 0.0935. The lowest BCUT2D eigenvalue weighted by molar-refractivity contribution is -0.167. The van der Waals surface area contributed by atoms with Gasteiger partial charge in [-0.3, -0.25) is 14.4 Å². The predicted octanol–water partition coefficient (Wildman–Crippen LogP) is 18.9. The van der Waals surface area contributed by atoms with Gasteiger partial charge in [-0.2, -0.15) is 0 Å². The fourth-order valence-electron chi connectivity index (χ4n) is 7.56. The minimum Gasteiger partial charge on any atom is -0.462 e. The van der Waals surface area contributed by atoms with E-state index in [1.54, 1.807) is 0 Å². The highest BCUT2D eigenvalue weighted by Crippen LogP contribution is 2.14. The lowest BCUT2D eigenvalue weighted by atomic mass is 10.1. The Hall–Kier alpha value is -3.67. The van der Waals surface area contributed by atoms with Crippen LogP contribution in [0.25, 0.3) is 0 Å². The number of esters is 3. The Balaban J connectivity index is 4.43. The maximum absolute atomic E-state index is 12.9. The van der Waals surface area contributed by atoms with Crippen LogP contribution in [0, 0.1) is 0 Å². The van der Waals surface area contributed by atoms with Gasteiger partial charge >= 0.3 is 17.9 Å². The molecule has 0 aromatic heterocycles. The summed E-state index contributed by atoms with van der Waals surface area (Å²) in [7, 11) is 0. The molecule has 0 heterocycles. The topological polar surface area (TPSA) is 78.9 Å². The summed E-state index contributed by atoms with van der Waals surface area (Å²) in [6.45, 7) is 6.42. The third-order valence-corrected chi connectivity index (χ3v) is 11.8. The van der Waals surface area contributed by atoms with Crippen molar-refractivity contribution in [1.29, 1.82) is 0 Å². The fourth-order valence-corrected chi connectivity index (χ4v) is 7.56. The Bertz CT molecular complexity index is 1360. The highest BCUT2D eigenvalue weighted by molar-refractivity contribution is 5.71. The molecule has 6 heteroatoms. The second-order valence-electron chi connectivity index (χ2n) is 18.5. The molecule has 6 nitrogen and oxygen atoms in total. The van der Waals surface area contributed by atoms with E-state index in [0.29, 0.717) is 19.3 Å². The molecule has 1 unspecified atom stereocenters. The normalized spacial score (nSPS) is 12.8.